The Labute approximate surface area is 93.2 Å². The van der Waals surface area contributed by atoms with E-state index in [9.17, 15) is 4.79 Å². The van der Waals surface area contributed by atoms with Gasteiger partial charge in [-0.05, 0) is 6.92 Å². The van der Waals surface area contributed by atoms with Gasteiger partial charge < -0.3 is 5.32 Å². The van der Waals surface area contributed by atoms with E-state index < -0.39 is 0 Å². The third-order valence-corrected chi connectivity index (χ3v) is 2.32. The van der Waals surface area contributed by atoms with Gasteiger partial charge >= 0.3 is 0 Å². The van der Waals surface area contributed by atoms with Gasteiger partial charge in [-0.15, -0.1) is 0 Å². The van der Waals surface area contributed by atoms with Crippen molar-refractivity contribution < 1.29 is 4.79 Å². The summed E-state index contributed by atoms with van der Waals surface area (Å²) in [4.78, 5) is 15.3. The third kappa shape index (κ3) is 1.67. The van der Waals surface area contributed by atoms with Crippen molar-refractivity contribution >= 4 is 17.8 Å². The monoisotopic (exact) mass is 216 g/mol. The molecule has 5 nitrogen and oxygen atoms in total. The van der Waals surface area contributed by atoms with Crippen LogP contribution in [0, 0.1) is 0 Å². The van der Waals surface area contributed by atoms with Crippen molar-refractivity contribution in [2.75, 3.05) is 0 Å². The Morgan fingerprint density at radius 3 is 3.19 bits per heavy atom. The fourth-order valence-corrected chi connectivity index (χ4v) is 1.52. The Balaban J connectivity index is 2.35. The number of carbonyl (C=O) groups is 1. The smallest absolute Gasteiger partial charge is 0.255 e. The number of aromatic nitrogens is 2. The highest BCUT2D eigenvalue weighted by molar-refractivity contribution is 6.03. The fourth-order valence-electron chi connectivity index (χ4n) is 1.52. The van der Waals surface area contributed by atoms with Crippen molar-refractivity contribution in [2.45, 2.75) is 13.5 Å². The summed E-state index contributed by atoms with van der Waals surface area (Å²) in [7, 11) is 0. The number of hydrogen-bond acceptors (Lipinski definition) is 3. The minimum atomic E-state index is -0.0719. The van der Waals surface area contributed by atoms with Gasteiger partial charge in [-0.3, -0.25) is 9.79 Å². The van der Waals surface area contributed by atoms with Crippen LogP contribution in [-0.4, -0.2) is 21.9 Å². The molecule has 1 N–H and O–H groups in total. The van der Waals surface area contributed by atoms with Gasteiger partial charge in [0.1, 0.15) is 0 Å². The molecule has 0 unspecified atom stereocenters. The largest absolute Gasteiger partial charge is 0.346 e. The molecule has 5 heteroatoms. The van der Waals surface area contributed by atoms with Crippen LogP contribution in [0.5, 0.6) is 0 Å². The highest BCUT2D eigenvalue weighted by Crippen LogP contribution is 2.15. The predicted molar refractivity (Wildman–Crippen MR) is 62.0 cm³/mol. The molecule has 1 aromatic rings. The van der Waals surface area contributed by atoms with E-state index >= 15 is 0 Å². The zero-order valence-electron chi connectivity index (χ0n) is 8.97. The molecule has 0 aliphatic carbocycles. The van der Waals surface area contributed by atoms with Crippen LogP contribution < -0.4 is 5.32 Å². The van der Waals surface area contributed by atoms with Crippen molar-refractivity contribution in [3.8, 4) is 0 Å². The number of carbonyl (C=O) groups excluding carboxylic acids is 1. The van der Waals surface area contributed by atoms with Crippen LogP contribution in [0.4, 0.5) is 0 Å². The molecule has 16 heavy (non-hydrogen) atoms. The second-order valence-electron chi connectivity index (χ2n) is 3.29. The Morgan fingerprint density at radius 1 is 1.75 bits per heavy atom. The van der Waals surface area contributed by atoms with Crippen LogP contribution in [0.2, 0.25) is 0 Å². The summed E-state index contributed by atoms with van der Waals surface area (Å²) in [6.07, 6.45) is 6.68. The maximum Gasteiger partial charge on any atom is 0.255 e. The summed E-state index contributed by atoms with van der Waals surface area (Å²) in [6.45, 7) is 5.89. The molecule has 2 heterocycles. The second-order valence-corrected chi connectivity index (χ2v) is 3.29. The highest BCUT2D eigenvalue weighted by atomic mass is 16.2. The van der Waals surface area contributed by atoms with Crippen molar-refractivity contribution in [3.63, 3.8) is 0 Å². The Kier molecular flexibility index (Phi) is 2.68. The van der Waals surface area contributed by atoms with Gasteiger partial charge in [0, 0.05) is 12.4 Å². The molecule has 0 atom stereocenters. The minimum absolute atomic E-state index is 0.0719. The summed E-state index contributed by atoms with van der Waals surface area (Å²) in [5, 5.41) is 7.01. The molecule has 0 bridgehead atoms. The van der Waals surface area contributed by atoms with E-state index in [1.165, 1.54) is 6.20 Å². The van der Waals surface area contributed by atoms with Crippen LogP contribution in [0.3, 0.4) is 0 Å². The van der Waals surface area contributed by atoms with Gasteiger partial charge in [-0.2, -0.15) is 5.10 Å². The van der Waals surface area contributed by atoms with Gasteiger partial charge in [0.05, 0.1) is 29.7 Å². The quantitative estimate of drug-likeness (QED) is 0.772. The van der Waals surface area contributed by atoms with Gasteiger partial charge in [-0.25, -0.2) is 4.68 Å². The first-order valence-electron chi connectivity index (χ1n) is 4.93. The molecule has 1 amide bonds. The van der Waals surface area contributed by atoms with Crippen molar-refractivity contribution in [2.24, 2.45) is 4.99 Å². The molecular formula is C11H12N4O. The first-order valence-corrected chi connectivity index (χ1v) is 4.93. The lowest BCUT2D eigenvalue weighted by atomic mass is 10.3. The van der Waals surface area contributed by atoms with E-state index in [4.69, 9.17) is 0 Å². The van der Waals surface area contributed by atoms with Crippen LogP contribution in [0.15, 0.2) is 30.0 Å². The summed E-state index contributed by atoms with van der Waals surface area (Å²) >= 11 is 0. The van der Waals surface area contributed by atoms with Gasteiger partial charge in [0.2, 0.25) is 0 Å². The number of aliphatic imine (C=N–C) groups is 1. The predicted octanol–water partition coefficient (Wildman–Crippen LogP) is 1.20. The van der Waals surface area contributed by atoms with E-state index in [-0.39, 0.29) is 5.91 Å². The number of nitrogens with zero attached hydrogens (tertiary/aromatic N) is 3. The molecular weight excluding hydrogens is 204 g/mol. The number of nitrogens with one attached hydrogen (secondary N) is 1. The normalized spacial score (nSPS) is 15.3. The molecule has 0 saturated carbocycles. The average Bonchev–Trinajstić information content (AvgIpc) is 2.83. The van der Waals surface area contributed by atoms with Crippen molar-refractivity contribution in [1.82, 2.24) is 15.1 Å². The second kappa shape index (κ2) is 4.14. The zero-order valence-corrected chi connectivity index (χ0v) is 8.97. The van der Waals surface area contributed by atoms with E-state index in [2.05, 4.69) is 22.0 Å². The number of rotatable bonds is 3. The SMILES string of the molecule is C=C/N=C\C(=C/C)n1cc2c(n1)CNC2=O. The molecule has 2 rings (SSSR count). The van der Waals surface area contributed by atoms with Crippen molar-refractivity contribution in [3.05, 3.63) is 36.3 Å². The van der Waals surface area contributed by atoms with E-state index in [0.29, 0.717) is 12.1 Å². The van der Waals surface area contributed by atoms with E-state index in [1.807, 2.05) is 13.0 Å². The molecule has 0 aromatic carbocycles. The number of fused-ring (bicyclic) bond motifs is 1. The van der Waals surface area contributed by atoms with E-state index in [1.54, 1.807) is 17.1 Å². The molecule has 0 spiro atoms. The Hall–Kier alpha value is -2.17. The molecule has 82 valence electrons. The molecule has 0 saturated heterocycles. The first-order chi connectivity index (χ1) is 7.76. The Bertz CT molecular complexity index is 496. The van der Waals surface area contributed by atoms with Crippen LogP contribution in [0.1, 0.15) is 23.0 Å². The minimum Gasteiger partial charge on any atom is -0.346 e. The zero-order chi connectivity index (χ0) is 11.5. The maximum atomic E-state index is 11.4. The third-order valence-electron chi connectivity index (χ3n) is 2.32. The van der Waals surface area contributed by atoms with Crippen molar-refractivity contribution in [1.29, 1.82) is 0 Å². The topological polar surface area (TPSA) is 59.3 Å². The lowest BCUT2D eigenvalue weighted by Gasteiger charge is -2.00. The van der Waals surface area contributed by atoms with Crippen LogP contribution in [-0.2, 0) is 6.54 Å². The highest BCUT2D eigenvalue weighted by Gasteiger charge is 2.22. The van der Waals surface area contributed by atoms with Gasteiger partial charge in [0.15, 0.2) is 0 Å². The summed E-state index contributed by atoms with van der Waals surface area (Å²) in [5.41, 5.74) is 2.21. The first kappa shape index (κ1) is 10.4. The van der Waals surface area contributed by atoms with Crippen LogP contribution in [0.25, 0.3) is 5.70 Å². The number of amides is 1. The van der Waals surface area contributed by atoms with Gasteiger partial charge in [0.25, 0.3) is 5.91 Å². The van der Waals surface area contributed by atoms with Gasteiger partial charge in [-0.1, -0.05) is 12.7 Å². The standard InChI is InChI=1S/C11H12N4O/c1-3-8(5-12-4-2)15-7-9-10(14-15)6-13-11(9)16/h3-5,7H,2,6H2,1H3,(H,13,16)/b8-3+,12-5-. The fraction of sp³-hybridized carbons (Fsp3) is 0.182. The van der Waals surface area contributed by atoms with E-state index in [0.717, 1.165) is 11.4 Å². The molecule has 1 aromatic heterocycles. The molecule has 1 aliphatic heterocycles. The maximum absolute atomic E-state index is 11.4. The summed E-state index contributed by atoms with van der Waals surface area (Å²) < 4.78 is 1.65. The molecule has 0 fully saturated rings. The molecule has 0 radical (unpaired) electrons. The number of allylic oxidation sites excluding steroid dienone is 2. The number of hydrogen-bond donors (Lipinski definition) is 1. The lowest BCUT2D eigenvalue weighted by Crippen LogP contribution is -2.14. The Morgan fingerprint density at radius 2 is 2.56 bits per heavy atom. The summed E-state index contributed by atoms with van der Waals surface area (Å²) in [6, 6.07) is 0. The van der Waals surface area contributed by atoms with Crippen LogP contribution >= 0.6 is 0 Å². The lowest BCUT2D eigenvalue weighted by molar-refractivity contribution is 0.0965. The molecule has 1 aliphatic rings. The summed E-state index contributed by atoms with van der Waals surface area (Å²) in [5.74, 6) is -0.0719. The average molecular weight is 216 g/mol.